The summed E-state index contributed by atoms with van der Waals surface area (Å²) in [6.45, 7) is 2.02. The van der Waals surface area contributed by atoms with Gasteiger partial charge in [-0.2, -0.15) is 0 Å². The molecule has 0 aromatic carbocycles. The normalized spacial score (nSPS) is 14.1. The van der Waals surface area contributed by atoms with Crippen molar-refractivity contribution >= 4 is 5.97 Å². The Balaban J connectivity index is 3.56. The van der Waals surface area contributed by atoms with Crippen LogP contribution in [0.25, 0.3) is 0 Å². The van der Waals surface area contributed by atoms with Crippen molar-refractivity contribution in [1.82, 2.24) is 0 Å². The highest BCUT2D eigenvalue weighted by atomic mass is 17.1. The molecule has 0 spiro atoms. The van der Waals surface area contributed by atoms with E-state index in [4.69, 9.17) is 10.4 Å². The molecule has 0 aromatic rings. The number of allylic oxidation sites excluding steroid dienone is 9. The Labute approximate surface area is 145 Å². The Kier molecular flexibility index (Phi) is 16.1. The summed E-state index contributed by atoms with van der Waals surface area (Å²) in [7, 11) is 0. The summed E-state index contributed by atoms with van der Waals surface area (Å²) < 4.78 is 0. The predicted molar refractivity (Wildman–Crippen MR) is 98.8 cm³/mol. The van der Waals surface area contributed by atoms with Crippen molar-refractivity contribution in [2.45, 2.75) is 58.0 Å². The summed E-state index contributed by atoms with van der Waals surface area (Å²) in [6.07, 6.45) is 25.3. The fourth-order valence-electron chi connectivity index (χ4n) is 2.02. The van der Waals surface area contributed by atoms with Crippen molar-refractivity contribution < 1.29 is 20.0 Å². The van der Waals surface area contributed by atoms with Crippen LogP contribution in [0.5, 0.6) is 0 Å². The van der Waals surface area contributed by atoms with Crippen LogP contribution in [0, 0.1) is 0 Å². The lowest BCUT2D eigenvalue weighted by Crippen LogP contribution is -2.08. The van der Waals surface area contributed by atoms with Crippen LogP contribution in [0.1, 0.15) is 51.9 Å². The number of carboxylic acids is 1. The third-order valence-electron chi connectivity index (χ3n) is 3.40. The zero-order valence-electron chi connectivity index (χ0n) is 14.5. The topological polar surface area (TPSA) is 66.8 Å². The molecule has 0 aliphatic carbocycles. The van der Waals surface area contributed by atoms with Crippen molar-refractivity contribution in [1.29, 1.82) is 0 Å². The third-order valence-corrected chi connectivity index (χ3v) is 3.40. The molecule has 0 aliphatic rings. The standard InChI is InChI=1S/C20H30O4/c1-2-19(24-23)17-15-13-11-9-7-5-3-4-6-8-10-12-14-16-18-20(21)22/h3-6,8,10,12,14,16,18-19,23H,2,7,9,11,13,15,17H2,1H3,(H,21,22)/t19-/m1/s1. The zero-order valence-corrected chi connectivity index (χ0v) is 14.5. The molecule has 0 saturated carbocycles. The summed E-state index contributed by atoms with van der Waals surface area (Å²) >= 11 is 0. The van der Waals surface area contributed by atoms with Crippen LogP contribution in [-0.4, -0.2) is 22.4 Å². The SMILES string of the molecule is CC[C@H](CCCCCCC=CC=CC=CC=CC=CC(=O)O)OO. The lowest BCUT2D eigenvalue weighted by atomic mass is 10.1. The molecule has 0 unspecified atom stereocenters. The van der Waals surface area contributed by atoms with E-state index in [2.05, 4.69) is 11.0 Å². The van der Waals surface area contributed by atoms with Gasteiger partial charge in [-0.3, -0.25) is 5.26 Å². The Hall–Kier alpha value is -1.91. The van der Waals surface area contributed by atoms with Crippen LogP contribution in [0.15, 0.2) is 60.8 Å². The molecular formula is C20H30O4. The Bertz CT molecular complexity index is 441. The molecule has 1 atom stereocenters. The molecule has 0 radical (unpaired) electrons. The maximum atomic E-state index is 10.2. The van der Waals surface area contributed by atoms with Crippen molar-refractivity contribution in [3.63, 3.8) is 0 Å². The minimum absolute atomic E-state index is 0.00822. The quantitative estimate of drug-likeness (QED) is 0.145. The maximum Gasteiger partial charge on any atom is 0.328 e. The fourth-order valence-corrected chi connectivity index (χ4v) is 2.02. The van der Waals surface area contributed by atoms with E-state index in [9.17, 15) is 4.79 Å². The predicted octanol–water partition coefficient (Wildman–Crippen LogP) is 5.46. The molecule has 0 aliphatic heterocycles. The molecule has 24 heavy (non-hydrogen) atoms. The molecule has 4 heteroatoms. The highest BCUT2D eigenvalue weighted by Gasteiger charge is 2.04. The molecule has 4 nitrogen and oxygen atoms in total. The van der Waals surface area contributed by atoms with Crippen molar-refractivity contribution in [3.05, 3.63) is 60.8 Å². The molecule has 0 fully saturated rings. The number of hydrogen-bond donors (Lipinski definition) is 2. The Morgan fingerprint density at radius 2 is 1.50 bits per heavy atom. The van der Waals surface area contributed by atoms with E-state index in [-0.39, 0.29) is 6.10 Å². The lowest BCUT2D eigenvalue weighted by Gasteiger charge is -2.09. The van der Waals surface area contributed by atoms with Gasteiger partial charge in [0.05, 0.1) is 6.10 Å². The zero-order chi connectivity index (χ0) is 17.9. The van der Waals surface area contributed by atoms with Crippen LogP contribution in [-0.2, 0) is 9.68 Å². The molecule has 2 N–H and O–H groups in total. The van der Waals surface area contributed by atoms with E-state index in [0.29, 0.717) is 0 Å². The Morgan fingerprint density at radius 3 is 2.08 bits per heavy atom. The number of hydrogen-bond acceptors (Lipinski definition) is 3. The third kappa shape index (κ3) is 16.5. The fraction of sp³-hybridized carbons (Fsp3) is 0.450. The summed E-state index contributed by atoms with van der Waals surface area (Å²) in [5.74, 6) is -0.946. The first-order valence-electron chi connectivity index (χ1n) is 8.57. The van der Waals surface area contributed by atoms with Gasteiger partial charge in [0.15, 0.2) is 0 Å². The second-order valence-electron chi connectivity index (χ2n) is 5.41. The van der Waals surface area contributed by atoms with E-state index in [1.165, 1.54) is 25.3 Å². The molecular weight excluding hydrogens is 304 g/mol. The molecule has 0 amide bonds. The molecule has 0 rings (SSSR count). The highest BCUT2D eigenvalue weighted by molar-refractivity contribution is 5.80. The minimum Gasteiger partial charge on any atom is -0.478 e. The van der Waals surface area contributed by atoms with E-state index < -0.39 is 5.97 Å². The monoisotopic (exact) mass is 334 g/mol. The summed E-state index contributed by atoms with van der Waals surface area (Å²) in [5, 5.41) is 17.0. The number of rotatable bonds is 14. The average Bonchev–Trinajstić information content (AvgIpc) is 2.57. The minimum atomic E-state index is -0.946. The average molecular weight is 334 g/mol. The first kappa shape index (κ1) is 22.1. The van der Waals surface area contributed by atoms with Gasteiger partial charge in [-0.1, -0.05) is 80.9 Å². The van der Waals surface area contributed by atoms with E-state index in [1.807, 2.05) is 37.3 Å². The van der Waals surface area contributed by atoms with Gasteiger partial charge < -0.3 is 5.11 Å². The smallest absolute Gasteiger partial charge is 0.328 e. The van der Waals surface area contributed by atoms with Crippen molar-refractivity contribution in [2.24, 2.45) is 0 Å². The second-order valence-corrected chi connectivity index (χ2v) is 5.41. The molecule has 0 bridgehead atoms. The van der Waals surface area contributed by atoms with Crippen LogP contribution in [0.4, 0.5) is 0 Å². The van der Waals surface area contributed by atoms with Crippen molar-refractivity contribution in [3.8, 4) is 0 Å². The van der Waals surface area contributed by atoms with Crippen LogP contribution in [0.2, 0.25) is 0 Å². The highest BCUT2D eigenvalue weighted by Crippen LogP contribution is 2.11. The number of carbonyl (C=O) groups is 1. The van der Waals surface area contributed by atoms with Crippen LogP contribution >= 0.6 is 0 Å². The number of unbranched alkanes of at least 4 members (excludes halogenated alkanes) is 4. The van der Waals surface area contributed by atoms with Gasteiger partial charge in [0.25, 0.3) is 0 Å². The van der Waals surface area contributed by atoms with Crippen molar-refractivity contribution in [2.75, 3.05) is 0 Å². The molecule has 134 valence electrons. The summed E-state index contributed by atoms with van der Waals surface area (Å²) in [5.41, 5.74) is 0. The summed E-state index contributed by atoms with van der Waals surface area (Å²) in [6, 6.07) is 0. The number of carboxylic acid groups (broad SMARTS) is 1. The lowest BCUT2D eigenvalue weighted by molar-refractivity contribution is -0.280. The van der Waals surface area contributed by atoms with Gasteiger partial charge in [-0.15, -0.1) is 0 Å². The van der Waals surface area contributed by atoms with E-state index in [1.54, 1.807) is 12.2 Å². The Morgan fingerprint density at radius 1 is 0.917 bits per heavy atom. The largest absolute Gasteiger partial charge is 0.478 e. The summed E-state index contributed by atoms with van der Waals surface area (Å²) in [4.78, 5) is 14.6. The second kappa shape index (κ2) is 17.4. The maximum absolute atomic E-state index is 10.2. The number of aliphatic carboxylic acids is 1. The molecule has 0 aromatic heterocycles. The van der Waals surface area contributed by atoms with Gasteiger partial charge in [0, 0.05) is 6.08 Å². The van der Waals surface area contributed by atoms with E-state index in [0.717, 1.165) is 31.8 Å². The van der Waals surface area contributed by atoms with Gasteiger partial charge in [0.1, 0.15) is 0 Å². The van der Waals surface area contributed by atoms with Gasteiger partial charge in [-0.05, 0) is 25.7 Å². The van der Waals surface area contributed by atoms with Crippen LogP contribution in [0.3, 0.4) is 0 Å². The first-order chi connectivity index (χ1) is 11.7. The molecule has 0 heterocycles. The molecule has 0 saturated heterocycles. The van der Waals surface area contributed by atoms with E-state index >= 15 is 0 Å². The van der Waals surface area contributed by atoms with Gasteiger partial charge in [-0.25, -0.2) is 9.68 Å². The van der Waals surface area contributed by atoms with Gasteiger partial charge >= 0.3 is 5.97 Å². The van der Waals surface area contributed by atoms with Gasteiger partial charge in [0.2, 0.25) is 0 Å². The van der Waals surface area contributed by atoms with Crippen LogP contribution < -0.4 is 0 Å². The first-order valence-corrected chi connectivity index (χ1v) is 8.57.